The highest BCUT2D eigenvalue weighted by molar-refractivity contribution is 4.71. The molecular formula is C10H22N2O. The Kier molecular flexibility index (Phi) is 5.35. The topological polar surface area (TPSA) is 35.5 Å². The van der Waals surface area contributed by atoms with Crippen molar-refractivity contribution in [2.75, 3.05) is 39.3 Å². The normalized spacial score (nSPS) is 19.6. The maximum atomic E-state index is 8.84. The van der Waals surface area contributed by atoms with Gasteiger partial charge in [0.1, 0.15) is 0 Å². The van der Waals surface area contributed by atoms with Crippen molar-refractivity contribution in [1.29, 1.82) is 0 Å². The summed E-state index contributed by atoms with van der Waals surface area (Å²) < 4.78 is 0. The maximum absolute atomic E-state index is 8.84. The average Bonchev–Trinajstić information content (AvgIpc) is 2.19. The largest absolute Gasteiger partial charge is 0.395 e. The maximum Gasteiger partial charge on any atom is 0.0558 e. The summed E-state index contributed by atoms with van der Waals surface area (Å²) in [7, 11) is 0. The summed E-state index contributed by atoms with van der Waals surface area (Å²) in [6.45, 7) is 7.85. The van der Waals surface area contributed by atoms with Gasteiger partial charge < -0.3 is 15.3 Å². The Morgan fingerprint density at radius 2 is 2.08 bits per heavy atom. The molecule has 1 fully saturated rings. The third-order valence-electron chi connectivity index (χ3n) is 2.84. The second-order valence-corrected chi connectivity index (χ2v) is 3.81. The van der Waals surface area contributed by atoms with Crippen molar-refractivity contribution in [1.82, 2.24) is 10.2 Å². The number of hydrogen-bond acceptors (Lipinski definition) is 3. The molecule has 13 heavy (non-hydrogen) atoms. The van der Waals surface area contributed by atoms with Crippen LogP contribution in [0.1, 0.15) is 19.8 Å². The van der Waals surface area contributed by atoms with E-state index in [1.807, 2.05) is 0 Å². The number of nitrogens with one attached hydrogen (secondary N) is 1. The molecule has 1 aliphatic heterocycles. The molecule has 0 unspecified atom stereocenters. The van der Waals surface area contributed by atoms with E-state index in [9.17, 15) is 0 Å². The first-order valence-corrected chi connectivity index (χ1v) is 5.40. The standard InChI is InChI=1S/C10H22N2O/c1-2-12(7-8-13)9-10-3-5-11-6-4-10/h10-11,13H,2-9H2,1H3. The van der Waals surface area contributed by atoms with Crippen LogP contribution in [0.5, 0.6) is 0 Å². The second-order valence-electron chi connectivity index (χ2n) is 3.81. The number of aliphatic hydroxyl groups excluding tert-OH is 1. The van der Waals surface area contributed by atoms with Crippen LogP contribution < -0.4 is 5.32 Å². The highest BCUT2D eigenvalue weighted by Crippen LogP contribution is 2.12. The smallest absolute Gasteiger partial charge is 0.0558 e. The average molecular weight is 186 g/mol. The molecule has 78 valence electrons. The molecule has 3 heteroatoms. The van der Waals surface area contributed by atoms with Crippen molar-refractivity contribution in [2.24, 2.45) is 5.92 Å². The second kappa shape index (κ2) is 6.35. The van der Waals surface area contributed by atoms with Gasteiger partial charge in [-0.05, 0) is 38.4 Å². The van der Waals surface area contributed by atoms with E-state index in [2.05, 4.69) is 17.1 Å². The fourth-order valence-electron chi connectivity index (χ4n) is 1.95. The first kappa shape index (κ1) is 11.0. The minimum absolute atomic E-state index is 0.290. The van der Waals surface area contributed by atoms with E-state index in [1.165, 1.54) is 32.5 Å². The van der Waals surface area contributed by atoms with Gasteiger partial charge in [-0.25, -0.2) is 0 Å². The van der Waals surface area contributed by atoms with Crippen molar-refractivity contribution in [3.63, 3.8) is 0 Å². The zero-order valence-corrected chi connectivity index (χ0v) is 8.63. The Labute approximate surface area is 81.1 Å². The lowest BCUT2D eigenvalue weighted by atomic mass is 9.97. The number of piperidine rings is 1. The predicted octanol–water partition coefficient (Wildman–Crippen LogP) is 0.300. The Morgan fingerprint density at radius 3 is 2.62 bits per heavy atom. The molecule has 0 aliphatic carbocycles. The lowest BCUT2D eigenvalue weighted by molar-refractivity contribution is 0.169. The molecule has 1 saturated heterocycles. The number of hydrogen-bond donors (Lipinski definition) is 2. The van der Waals surface area contributed by atoms with Crippen molar-refractivity contribution >= 4 is 0 Å². The third-order valence-corrected chi connectivity index (χ3v) is 2.84. The molecule has 0 aromatic rings. The molecule has 0 spiro atoms. The molecule has 1 heterocycles. The Bertz CT molecular complexity index is 121. The lowest BCUT2D eigenvalue weighted by Gasteiger charge is -2.28. The van der Waals surface area contributed by atoms with Gasteiger partial charge in [0.05, 0.1) is 6.61 Å². The SMILES string of the molecule is CCN(CCO)CC1CCNCC1. The van der Waals surface area contributed by atoms with Gasteiger partial charge in [0.15, 0.2) is 0 Å². The van der Waals surface area contributed by atoms with Gasteiger partial charge >= 0.3 is 0 Å². The van der Waals surface area contributed by atoms with Crippen LogP contribution >= 0.6 is 0 Å². The molecule has 1 rings (SSSR count). The van der Waals surface area contributed by atoms with Crippen LogP contribution in [0, 0.1) is 5.92 Å². The van der Waals surface area contributed by atoms with Crippen LogP contribution in [0.3, 0.4) is 0 Å². The summed E-state index contributed by atoms with van der Waals surface area (Å²) in [5.74, 6) is 0.841. The van der Waals surface area contributed by atoms with Crippen LogP contribution in [-0.4, -0.2) is 49.3 Å². The minimum atomic E-state index is 0.290. The molecular weight excluding hydrogens is 164 g/mol. The van der Waals surface area contributed by atoms with Crippen molar-refractivity contribution in [3.05, 3.63) is 0 Å². The molecule has 3 nitrogen and oxygen atoms in total. The predicted molar refractivity (Wildman–Crippen MR) is 54.8 cm³/mol. The van der Waals surface area contributed by atoms with Gasteiger partial charge in [0.25, 0.3) is 0 Å². The van der Waals surface area contributed by atoms with E-state index < -0.39 is 0 Å². The molecule has 0 aromatic carbocycles. The molecule has 0 aromatic heterocycles. The molecule has 0 bridgehead atoms. The summed E-state index contributed by atoms with van der Waals surface area (Å²) >= 11 is 0. The van der Waals surface area contributed by atoms with Crippen molar-refractivity contribution in [2.45, 2.75) is 19.8 Å². The van der Waals surface area contributed by atoms with Crippen LogP contribution in [0.4, 0.5) is 0 Å². The van der Waals surface area contributed by atoms with Crippen LogP contribution in [0.2, 0.25) is 0 Å². The van der Waals surface area contributed by atoms with E-state index in [1.54, 1.807) is 0 Å². The number of rotatable bonds is 5. The summed E-state index contributed by atoms with van der Waals surface area (Å²) in [6.07, 6.45) is 2.59. The Morgan fingerprint density at radius 1 is 1.38 bits per heavy atom. The first-order valence-electron chi connectivity index (χ1n) is 5.40. The van der Waals surface area contributed by atoms with Gasteiger partial charge in [-0.15, -0.1) is 0 Å². The van der Waals surface area contributed by atoms with Crippen molar-refractivity contribution < 1.29 is 5.11 Å². The summed E-state index contributed by atoms with van der Waals surface area (Å²) in [5.41, 5.74) is 0. The van der Waals surface area contributed by atoms with Gasteiger partial charge in [-0.2, -0.15) is 0 Å². The molecule has 2 N–H and O–H groups in total. The summed E-state index contributed by atoms with van der Waals surface area (Å²) in [5, 5.41) is 12.2. The van der Waals surface area contributed by atoms with Crippen molar-refractivity contribution in [3.8, 4) is 0 Å². The highest BCUT2D eigenvalue weighted by atomic mass is 16.3. The number of likely N-dealkylation sites (N-methyl/N-ethyl adjacent to an activating group) is 1. The fraction of sp³-hybridized carbons (Fsp3) is 1.00. The Balaban J connectivity index is 2.18. The molecule has 0 saturated carbocycles. The monoisotopic (exact) mass is 186 g/mol. The van der Waals surface area contributed by atoms with Crippen LogP contribution in [-0.2, 0) is 0 Å². The van der Waals surface area contributed by atoms with Gasteiger partial charge in [0.2, 0.25) is 0 Å². The number of nitrogens with zero attached hydrogens (tertiary/aromatic N) is 1. The Hall–Kier alpha value is -0.120. The van der Waals surface area contributed by atoms with E-state index in [0.29, 0.717) is 6.61 Å². The summed E-state index contributed by atoms with van der Waals surface area (Å²) in [4.78, 5) is 2.34. The quantitative estimate of drug-likeness (QED) is 0.648. The van der Waals surface area contributed by atoms with E-state index in [0.717, 1.165) is 19.0 Å². The zero-order chi connectivity index (χ0) is 9.52. The van der Waals surface area contributed by atoms with Gasteiger partial charge in [-0.1, -0.05) is 6.92 Å². The third kappa shape index (κ3) is 4.07. The zero-order valence-electron chi connectivity index (χ0n) is 8.63. The van der Waals surface area contributed by atoms with Crippen LogP contribution in [0.25, 0.3) is 0 Å². The van der Waals surface area contributed by atoms with E-state index >= 15 is 0 Å². The lowest BCUT2D eigenvalue weighted by Crippen LogP contribution is -2.37. The minimum Gasteiger partial charge on any atom is -0.395 e. The van der Waals surface area contributed by atoms with Gasteiger partial charge in [-0.3, -0.25) is 0 Å². The summed E-state index contributed by atoms with van der Waals surface area (Å²) in [6, 6.07) is 0. The number of aliphatic hydroxyl groups is 1. The van der Waals surface area contributed by atoms with Gasteiger partial charge in [0, 0.05) is 13.1 Å². The molecule has 0 radical (unpaired) electrons. The van der Waals surface area contributed by atoms with Crippen LogP contribution in [0.15, 0.2) is 0 Å². The molecule has 0 atom stereocenters. The first-order chi connectivity index (χ1) is 6.36. The molecule has 1 aliphatic rings. The molecule has 0 amide bonds. The van der Waals surface area contributed by atoms with E-state index in [-0.39, 0.29) is 0 Å². The van der Waals surface area contributed by atoms with E-state index in [4.69, 9.17) is 5.11 Å². The fourth-order valence-corrected chi connectivity index (χ4v) is 1.95. The highest BCUT2D eigenvalue weighted by Gasteiger charge is 2.15.